The molecule has 116 valence electrons. The van der Waals surface area contributed by atoms with Gasteiger partial charge in [0.1, 0.15) is 0 Å². The van der Waals surface area contributed by atoms with E-state index in [0.717, 1.165) is 12.1 Å². The van der Waals surface area contributed by atoms with Crippen molar-refractivity contribution in [3.8, 4) is 6.01 Å². The third kappa shape index (κ3) is 3.46. The lowest BCUT2D eigenvalue weighted by Crippen LogP contribution is -2.21. The zero-order valence-corrected chi connectivity index (χ0v) is 12.2. The molecule has 1 aromatic heterocycles. The van der Waals surface area contributed by atoms with Gasteiger partial charge in [0.15, 0.2) is 11.6 Å². The molecule has 0 radical (unpaired) electrons. The summed E-state index contributed by atoms with van der Waals surface area (Å²) in [5.41, 5.74) is 1.58. The first-order chi connectivity index (χ1) is 10.4. The van der Waals surface area contributed by atoms with Crippen molar-refractivity contribution in [3.05, 3.63) is 41.2 Å². The number of halogens is 2. The predicted molar refractivity (Wildman–Crippen MR) is 77.1 cm³/mol. The van der Waals surface area contributed by atoms with Crippen LogP contribution in [-0.4, -0.2) is 23.1 Å². The van der Waals surface area contributed by atoms with Gasteiger partial charge >= 0.3 is 12.0 Å². The van der Waals surface area contributed by atoms with E-state index >= 15 is 0 Å². The van der Waals surface area contributed by atoms with Crippen LogP contribution in [0.15, 0.2) is 18.2 Å². The van der Waals surface area contributed by atoms with E-state index in [0.29, 0.717) is 17.1 Å². The van der Waals surface area contributed by atoms with E-state index in [2.05, 4.69) is 20.6 Å². The molecule has 8 heteroatoms. The molecule has 0 aliphatic rings. The molecule has 0 atom stereocenters. The second-order valence-corrected chi connectivity index (χ2v) is 4.46. The van der Waals surface area contributed by atoms with Gasteiger partial charge < -0.3 is 15.4 Å². The van der Waals surface area contributed by atoms with Crippen molar-refractivity contribution < 1.29 is 18.3 Å². The van der Waals surface area contributed by atoms with Gasteiger partial charge in [0.05, 0.1) is 24.2 Å². The summed E-state index contributed by atoms with van der Waals surface area (Å²) < 4.78 is 30.8. The van der Waals surface area contributed by atoms with Crippen molar-refractivity contribution >= 4 is 17.4 Å². The van der Waals surface area contributed by atoms with Crippen molar-refractivity contribution in [2.45, 2.75) is 13.8 Å². The standard InChI is InChI=1S/C14H14F2N4O2/c1-7-12(8(2)18-14(17-7)22-3)20-13(21)19-9-4-5-10(15)11(16)6-9/h4-6H,1-3H3,(H2,19,20,21). The molecule has 0 bridgehead atoms. The molecule has 0 spiro atoms. The number of carbonyl (C=O) groups is 1. The number of nitrogens with one attached hydrogen (secondary N) is 2. The van der Waals surface area contributed by atoms with Gasteiger partial charge in [0.2, 0.25) is 0 Å². The number of aromatic nitrogens is 2. The smallest absolute Gasteiger partial charge is 0.323 e. The number of anilines is 2. The van der Waals surface area contributed by atoms with Gasteiger partial charge in [-0.15, -0.1) is 0 Å². The Morgan fingerprint density at radius 1 is 1.09 bits per heavy atom. The van der Waals surface area contributed by atoms with Crippen LogP contribution >= 0.6 is 0 Å². The van der Waals surface area contributed by atoms with Crippen molar-refractivity contribution in [2.24, 2.45) is 0 Å². The van der Waals surface area contributed by atoms with Gasteiger partial charge in [-0.25, -0.2) is 13.6 Å². The molecule has 1 heterocycles. The Morgan fingerprint density at radius 2 is 1.73 bits per heavy atom. The van der Waals surface area contributed by atoms with Crippen molar-refractivity contribution in [1.29, 1.82) is 0 Å². The van der Waals surface area contributed by atoms with Crippen LogP contribution in [0.2, 0.25) is 0 Å². The van der Waals surface area contributed by atoms with Crippen LogP contribution in [0.25, 0.3) is 0 Å². The quantitative estimate of drug-likeness (QED) is 0.914. The molecule has 22 heavy (non-hydrogen) atoms. The highest BCUT2D eigenvalue weighted by molar-refractivity contribution is 6.00. The zero-order valence-electron chi connectivity index (χ0n) is 12.2. The Hall–Kier alpha value is -2.77. The molecule has 1 aromatic carbocycles. The van der Waals surface area contributed by atoms with Crippen LogP contribution in [0.3, 0.4) is 0 Å². The largest absolute Gasteiger partial charge is 0.467 e. The highest BCUT2D eigenvalue weighted by Gasteiger charge is 2.12. The van der Waals surface area contributed by atoms with E-state index in [4.69, 9.17) is 4.74 Å². The van der Waals surface area contributed by atoms with Gasteiger partial charge in [-0.2, -0.15) is 9.97 Å². The molecule has 0 unspecified atom stereocenters. The van der Waals surface area contributed by atoms with Crippen LogP contribution in [0, 0.1) is 25.5 Å². The molecule has 2 aromatic rings. The number of carbonyl (C=O) groups excluding carboxylic acids is 1. The van der Waals surface area contributed by atoms with E-state index in [1.54, 1.807) is 13.8 Å². The molecule has 0 saturated carbocycles. The van der Waals surface area contributed by atoms with Crippen molar-refractivity contribution in [1.82, 2.24) is 9.97 Å². The third-order valence-corrected chi connectivity index (χ3v) is 2.85. The average Bonchev–Trinajstić information content (AvgIpc) is 2.46. The Kier molecular flexibility index (Phi) is 4.50. The van der Waals surface area contributed by atoms with Crippen molar-refractivity contribution in [2.75, 3.05) is 17.7 Å². The average molecular weight is 308 g/mol. The molecule has 6 nitrogen and oxygen atoms in total. The highest BCUT2D eigenvalue weighted by Crippen LogP contribution is 2.20. The van der Waals surface area contributed by atoms with Crippen LogP contribution in [0.5, 0.6) is 6.01 Å². The molecular formula is C14H14F2N4O2. The lowest BCUT2D eigenvalue weighted by Gasteiger charge is -2.12. The highest BCUT2D eigenvalue weighted by atomic mass is 19.2. The Morgan fingerprint density at radius 3 is 2.27 bits per heavy atom. The topological polar surface area (TPSA) is 76.1 Å². The first kappa shape index (κ1) is 15.6. The summed E-state index contributed by atoms with van der Waals surface area (Å²) in [4.78, 5) is 20.0. The molecule has 2 amide bonds. The summed E-state index contributed by atoms with van der Waals surface area (Å²) in [5, 5.41) is 4.96. The normalized spacial score (nSPS) is 10.2. The maximum Gasteiger partial charge on any atom is 0.323 e. The fourth-order valence-corrected chi connectivity index (χ4v) is 1.81. The predicted octanol–water partition coefficient (Wildman–Crippen LogP) is 3.02. The van der Waals surface area contributed by atoms with E-state index in [9.17, 15) is 13.6 Å². The summed E-state index contributed by atoms with van der Waals surface area (Å²) in [6.07, 6.45) is 0. The number of ether oxygens (including phenoxy) is 1. The summed E-state index contributed by atoms with van der Waals surface area (Å²) >= 11 is 0. The van der Waals surface area contributed by atoms with Gasteiger partial charge in [0.25, 0.3) is 0 Å². The van der Waals surface area contributed by atoms with Gasteiger partial charge in [-0.05, 0) is 26.0 Å². The Labute approximate surface area is 125 Å². The van der Waals surface area contributed by atoms with E-state index in [1.807, 2.05) is 0 Å². The monoisotopic (exact) mass is 308 g/mol. The number of rotatable bonds is 3. The van der Waals surface area contributed by atoms with E-state index in [-0.39, 0.29) is 11.7 Å². The third-order valence-electron chi connectivity index (χ3n) is 2.85. The molecule has 0 aliphatic heterocycles. The molecule has 0 saturated heterocycles. The summed E-state index contributed by atoms with van der Waals surface area (Å²) in [6, 6.07) is 2.65. The number of amides is 2. The Bertz CT molecular complexity index is 699. The lowest BCUT2D eigenvalue weighted by atomic mass is 10.3. The fourth-order valence-electron chi connectivity index (χ4n) is 1.81. The number of hydrogen-bond donors (Lipinski definition) is 2. The summed E-state index contributed by atoms with van der Waals surface area (Å²) in [6.45, 7) is 3.37. The molecule has 0 aliphatic carbocycles. The van der Waals surface area contributed by atoms with Crippen LogP contribution in [0.4, 0.5) is 25.0 Å². The minimum absolute atomic E-state index is 0.126. The first-order valence-corrected chi connectivity index (χ1v) is 6.33. The Balaban J connectivity index is 2.13. The number of urea groups is 1. The maximum absolute atomic E-state index is 13.1. The molecule has 2 rings (SSSR count). The number of methoxy groups -OCH3 is 1. The number of aryl methyl sites for hydroxylation is 2. The van der Waals surface area contributed by atoms with Crippen molar-refractivity contribution in [3.63, 3.8) is 0 Å². The minimum atomic E-state index is -1.04. The fraction of sp³-hybridized carbons (Fsp3) is 0.214. The molecular weight excluding hydrogens is 294 g/mol. The maximum atomic E-state index is 13.1. The second-order valence-electron chi connectivity index (χ2n) is 4.46. The van der Waals surface area contributed by atoms with Gasteiger partial charge in [-0.1, -0.05) is 0 Å². The van der Waals surface area contributed by atoms with E-state index < -0.39 is 17.7 Å². The van der Waals surface area contributed by atoms with E-state index in [1.165, 1.54) is 13.2 Å². The first-order valence-electron chi connectivity index (χ1n) is 6.33. The summed E-state index contributed by atoms with van der Waals surface area (Å²) in [5.74, 6) is -2.03. The molecule has 0 fully saturated rings. The summed E-state index contributed by atoms with van der Waals surface area (Å²) in [7, 11) is 1.44. The second kappa shape index (κ2) is 6.33. The SMILES string of the molecule is COc1nc(C)c(NC(=O)Nc2ccc(F)c(F)c2)c(C)n1. The molecule has 2 N–H and O–H groups in total. The van der Waals surface area contributed by atoms with Crippen LogP contribution in [0.1, 0.15) is 11.4 Å². The minimum Gasteiger partial charge on any atom is -0.467 e. The number of benzene rings is 1. The van der Waals surface area contributed by atoms with Crippen LogP contribution in [-0.2, 0) is 0 Å². The van der Waals surface area contributed by atoms with Gasteiger partial charge in [-0.3, -0.25) is 0 Å². The number of nitrogens with zero attached hydrogens (tertiary/aromatic N) is 2. The zero-order chi connectivity index (χ0) is 16.3. The lowest BCUT2D eigenvalue weighted by molar-refractivity contribution is 0.262. The van der Waals surface area contributed by atoms with Crippen LogP contribution < -0.4 is 15.4 Å². The van der Waals surface area contributed by atoms with Gasteiger partial charge in [0, 0.05) is 11.8 Å². The number of hydrogen-bond acceptors (Lipinski definition) is 4.